The van der Waals surface area contributed by atoms with Crippen molar-refractivity contribution in [3.8, 4) is 5.75 Å². The van der Waals surface area contributed by atoms with Crippen LogP contribution in [0.2, 0.25) is 0 Å². The summed E-state index contributed by atoms with van der Waals surface area (Å²) in [6, 6.07) is 13.4. The first kappa shape index (κ1) is 18.9. The lowest BCUT2D eigenvalue weighted by molar-refractivity contribution is -0.131. The Balaban J connectivity index is 1.77. The number of phenolic OH excluding ortho intramolecular Hbond substituents is 1. The number of amides is 1. The fraction of sp³-hybridized carbons (Fsp3) is 0.409. The van der Waals surface area contributed by atoms with Crippen LogP contribution in [-0.4, -0.2) is 42.2 Å². The predicted octanol–water partition coefficient (Wildman–Crippen LogP) is 2.37. The minimum atomic E-state index is -0.340. The van der Waals surface area contributed by atoms with Gasteiger partial charge < -0.3 is 14.7 Å². The van der Waals surface area contributed by atoms with Crippen LogP contribution in [0.15, 0.2) is 42.5 Å². The second-order valence-electron chi connectivity index (χ2n) is 7.76. The molecule has 4 rings (SSSR count). The van der Waals surface area contributed by atoms with E-state index in [2.05, 4.69) is 42.0 Å². The van der Waals surface area contributed by atoms with Gasteiger partial charge in [-0.1, -0.05) is 47.5 Å². The monoisotopic (exact) mass is 381 g/mol. The molecular weight excluding hydrogens is 354 g/mol. The quantitative estimate of drug-likeness (QED) is 0.742. The fourth-order valence-electron chi connectivity index (χ4n) is 4.49. The molecule has 2 aliphatic heterocycles. The van der Waals surface area contributed by atoms with Gasteiger partial charge in [-0.2, -0.15) is 0 Å². The van der Waals surface area contributed by atoms with Crippen LogP contribution >= 0.6 is 0 Å². The van der Waals surface area contributed by atoms with Crippen LogP contribution in [-0.2, 0) is 9.53 Å². The van der Waals surface area contributed by atoms with Crippen LogP contribution in [0.25, 0.3) is 0 Å². The number of ether oxygens (including phenoxy) is 1. The van der Waals surface area contributed by atoms with Crippen molar-refractivity contribution in [1.82, 2.24) is 15.8 Å². The normalized spacial score (nSPS) is 26.7. The van der Waals surface area contributed by atoms with E-state index in [1.165, 1.54) is 5.56 Å². The standard InChI is InChI=1S/C22H27N3O3/c1-13-4-7-15(8-5-13)21-18-19(16-12-14(2)6-9-17(16)26)23-24-20(18)22(27)25(21)10-11-28-3/h4-9,12,18-21,23-24,26H,10-11H2,1-3H3. The second kappa shape index (κ2) is 7.54. The highest BCUT2D eigenvalue weighted by atomic mass is 16.5. The number of aryl methyl sites for hydroxylation is 2. The minimum absolute atomic E-state index is 0.0419. The summed E-state index contributed by atoms with van der Waals surface area (Å²) >= 11 is 0. The number of carbonyl (C=O) groups excluding carboxylic acids is 1. The van der Waals surface area contributed by atoms with Gasteiger partial charge in [0.05, 0.1) is 18.7 Å². The van der Waals surface area contributed by atoms with E-state index in [1.807, 2.05) is 24.0 Å². The van der Waals surface area contributed by atoms with Crippen molar-refractivity contribution in [2.75, 3.05) is 20.3 Å². The molecule has 2 aromatic carbocycles. The molecule has 0 saturated carbocycles. The van der Waals surface area contributed by atoms with Gasteiger partial charge >= 0.3 is 0 Å². The van der Waals surface area contributed by atoms with Crippen LogP contribution in [0.4, 0.5) is 0 Å². The van der Waals surface area contributed by atoms with Crippen molar-refractivity contribution in [3.63, 3.8) is 0 Å². The molecule has 2 aliphatic rings. The Kier molecular flexibility index (Phi) is 5.10. The number of phenols is 1. The third-order valence-electron chi connectivity index (χ3n) is 5.89. The summed E-state index contributed by atoms with van der Waals surface area (Å²) in [6.45, 7) is 5.09. The summed E-state index contributed by atoms with van der Waals surface area (Å²) in [6.07, 6.45) is 0. The van der Waals surface area contributed by atoms with E-state index in [4.69, 9.17) is 4.74 Å². The Labute approximate surface area is 165 Å². The number of aromatic hydroxyl groups is 1. The Bertz CT molecular complexity index is 868. The molecule has 0 aromatic heterocycles. The molecule has 2 heterocycles. The third kappa shape index (κ3) is 3.17. The van der Waals surface area contributed by atoms with E-state index in [-0.39, 0.29) is 35.7 Å². The average Bonchev–Trinajstić information content (AvgIpc) is 3.22. The average molecular weight is 381 g/mol. The third-order valence-corrected chi connectivity index (χ3v) is 5.89. The number of carbonyl (C=O) groups is 1. The zero-order chi connectivity index (χ0) is 19.8. The van der Waals surface area contributed by atoms with Crippen molar-refractivity contribution >= 4 is 5.91 Å². The van der Waals surface area contributed by atoms with Gasteiger partial charge in [-0.15, -0.1) is 0 Å². The number of methoxy groups -OCH3 is 1. The zero-order valence-corrected chi connectivity index (χ0v) is 16.5. The summed E-state index contributed by atoms with van der Waals surface area (Å²) < 4.78 is 5.25. The Morgan fingerprint density at radius 1 is 1.04 bits per heavy atom. The lowest BCUT2D eigenvalue weighted by Gasteiger charge is -2.31. The van der Waals surface area contributed by atoms with Crippen molar-refractivity contribution in [2.45, 2.75) is 32.0 Å². The highest BCUT2D eigenvalue weighted by molar-refractivity contribution is 5.86. The predicted molar refractivity (Wildman–Crippen MR) is 107 cm³/mol. The molecule has 3 N–H and O–H groups in total. The summed E-state index contributed by atoms with van der Waals surface area (Å²) in [5, 5.41) is 10.5. The minimum Gasteiger partial charge on any atom is -0.508 e. The first-order valence-electron chi connectivity index (χ1n) is 9.68. The molecule has 6 heteroatoms. The number of hydrazine groups is 1. The van der Waals surface area contributed by atoms with E-state index >= 15 is 0 Å². The van der Waals surface area contributed by atoms with E-state index in [0.29, 0.717) is 13.2 Å². The van der Waals surface area contributed by atoms with Gasteiger partial charge in [0.2, 0.25) is 5.91 Å². The van der Waals surface area contributed by atoms with Crippen LogP contribution in [0.5, 0.6) is 5.75 Å². The fourth-order valence-corrected chi connectivity index (χ4v) is 4.49. The molecule has 2 fully saturated rings. The van der Waals surface area contributed by atoms with Crippen LogP contribution in [0.1, 0.15) is 34.3 Å². The van der Waals surface area contributed by atoms with Gasteiger partial charge in [-0.05, 0) is 25.5 Å². The molecule has 0 spiro atoms. The van der Waals surface area contributed by atoms with Crippen molar-refractivity contribution in [3.05, 3.63) is 64.7 Å². The number of nitrogens with one attached hydrogen (secondary N) is 2. The highest BCUT2D eigenvalue weighted by Crippen LogP contribution is 2.48. The molecule has 0 aliphatic carbocycles. The van der Waals surface area contributed by atoms with Crippen LogP contribution in [0, 0.1) is 19.8 Å². The number of hydrogen-bond donors (Lipinski definition) is 3. The van der Waals surface area contributed by atoms with E-state index in [0.717, 1.165) is 16.7 Å². The molecule has 2 saturated heterocycles. The maximum Gasteiger partial charge on any atom is 0.242 e. The van der Waals surface area contributed by atoms with Crippen LogP contribution < -0.4 is 10.9 Å². The SMILES string of the molecule is COCCN1C(=O)C2NNC(c3cc(C)ccc3O)C2C1c1ccc(C)cc1. The van der Waals surface area contributed by atoms with Crippen molar-refractivity contribution < 1.29 is 14.6 Å². The molecular formula is C22H27N3O3. The Morgan fingerprint density at radius 3 is 2.43 bits per heavy atom. The van der Waals surface area contributed by atoms with Crippen molar-refractivity contribution in [2.24, 2.45) is 5.92 Å². The highest BCUT2D eigenvalue weighted by Gasteiger charge is 2.55. The summed E-state index contributed by atoms with van der Waals surface area (Å²) in [5.41, 5.74) is 10.6. The largest absolute Gasteiger partial charge is 0.508 e. The lowest BCUT2D eigenvalue weighted by Crippen LogP contribution is -2.42. The summed E-state index contributed by atoms with van der Waals surface area (Å²) in [4.78, 5) is 15.1. The molecule has 0 radical (unpaired) electrons. The first-order valence-corrected chi connectivity index (χ1v) is 9.68. The lowest BCUT2D eigenvalue weighted by atomic mass is 9.82. The summed E-state index contributed by atoms with van der Waals surface area (Å²) in [7, 11) is 1.65. The smallest absolute Gasteiger partial charge is 0.242 e. The van der Waals surface area contributed by atoms with E-state index < -0.39 is 0 Å². The molecule has 148 valence electrons. The molecule has 28 heavy (non-hydrogen) atoms. The number of nitrogens with zero attached hydrogens (tertiary/aromatic N) is 1. The Hall–Kier alpha value is -2.41. The second-order valence-corrected chi connectivity index (χ2v) is 7.76. The van der Waals surface area contributed by atoms with E-state index in [1.54, 1.807) is 13.2 Å². The molecule has 2 aromatic rings. The van der Waals surface area contributed by atoms with Crippen LogP contribution in [0.3, 0.4) is 0 Å². The summed E-state index contributed by atoms with van der Waals surface area (Å²) in [5.74, 6) is 0.269. The number of rotatable bonds is 5. The van der Waals surface area contributed by atoms with Gasteiger partial charge in [0, 0.05) is 25.1 Å². The molecule has 1 amide bonds. The van der Waals surface area contributed by atoms with E-state index in [9.17, 15) is 9.90 Å². The molecule has 6 nitrogen and oxygen atoms in total. The van der Waals surface area contributed by atoms with Gasteiger partial charge in [0.25, 0.3) is 0 Å². The molecule has 0 bridgehead atoms. The number of fused-ring (bicyclic) bond motifs is 1. The topological polar surface area (TPSA) is 73.8 Å². The van der Waals surface area contributed by atoms with Gasteiger partial charge in [-0.25, -0.2) is 10.9 Å². The number of hydrogen-bond acceptors (Lipinski definition) is 5. The van der Waals surface area contributed by atoms with Gasteiger partial charge in [0.15, 0.2) is 0 Å². The maximum absolute atomic E-state index is 13.2. The number of likely N-dealkylation sites (tertiary alicyclic amines) is 1. The zero-order valence-electron chi connectivity index (χ0n) is 16.5. The van der Waals surface area contributed by atoms with Crippen molar-refractivity contribution in [1.29, 1.82) is 0 Å². The number of benzene rings is 2. The molecule has 4 unspecified atom stereocenters. The Morgan fingerprint density at radius 2 is 1.71 bits per heavy atom. The van der Waals surface area contributed by atoms with Gasteiger partial charge in [0.1, 0.15) is 11.8 Å². The first-order chi connectivity index (χ1) is 13.5. The molecule has 4 atom stereocenters. The van der Waals surface area contributed by atoms with Gasteiger partial charge in [-0.3, -0.25) is 4.79 Å². The maximum atomic E-state index is 13.2.